The van der Waals surface area contributed by atoms with Crippen LogP contribution in [0.4, 0.5) is 27.5 Å². The summed E-state index contributed by atoms with van der Waals surface area (Å²) >= 11 is 6.48. The van der Waals surface area contributed by atoms with Gasteiger partial charge in [-0.3, -0.25) is 9.98 Å². The number of nitrogens with one attached hydrogen (secondary N) is 2. The van der Waals surface area contributed by atoms with Crippen molar-refractivity contribution in [2.24, 2.45) is 10.1 Å². The number of aromatic nitrogens is 3. The normalized spacial score (nSPS) is 14.2. The lowest BCUT2D eigenvalue weighted by atomic mass is 9.94. The number of hydrazone groups is 1. The molecule has 208 valence electrons. The molecule has 2 aromatic heterocycles. The van der Waals surface area contributed by atoms with Gasteiger partial charge < -0.3 is 15.0 Å². The second-order valence-corrected chi connectivity index (χ2v) is 9.73. The van der Waals surface area contributed by atoms with E-state index in [4.69, 9.17) is 16.3 Å². The molecule has 9 nitrogen and oxygen atoms in total. The van der Waals surface area contributed by atoms with Crippen LogP contribution in [0.2, 0.25) is 5.02 Å². The Kier molecular flexibility index (Phi) is 9.93. The number of morpholine rings is 1. The second-order valence-electron chi connectivity index (χ2n) is 9.29. The van der Waals surface area contributed by atoms with Gasteiger partial charge in [0.15, 0.2) is 11.6 Å². The Hall–Kier alpha value is -4.15. The van der Waals surface area contributed by atoms with Gasteiger partial charge in [0.25, 0.3) is 0 Å². The smallest absolute Gasteiger partial charge is 0.245 e. The molecule has 0 aliphatic carbocycles. The summed E-state index contributed by atoms with van der Waals surface area (Å²) in [6.07, 6.45) is 8.15. The summed E-state index contributed by atoms with van der Waals surface area (Å²) in [6.45, 7) is 8.41. The quantitative estimate of drug-likeness (QED) is 0.184. The molecule has 0 spiro atoms. The maximum absolute atomic E-state index is 14.2. The number of aliphatic imine (C=N–C) groups is 1. The highest BCUT2D eigenvalue weighted by molar-refractivity contribution is 6.31. The largest absolute Gasteiger partial charge is 0.378 e. The molecule has 1 fully saturated rings. The van der Waals surface area contributed by atoms with Gasteiger partial charge in [0.05, 0.1) is 43.2 Å². The van der Waals surface area contributed by atoms with E-state index in [0.717, 1.165) is 34.3 Å². The molecule has 1 saturated heterocycles. The van der Waals surface area contributed by atoms with Crippen LogP contribution in [0, 0.1) is 5.82 Å². The molecule has 1 aliphatic rings. The number of allylic oxidation sites excluding steroid dienone is 4. The van der Waals surface area contributed by atoms with Crippen LogP contribution in [-0.2, 0) is 4.74 Å². The van der Waals surface area contributed by atoms with E-state index >= 15 is 0 Å². The highest BCUT2D eigenvalue weighted by atomic mass is 35.5. The number of hydrogen-bond acceptors (Lipinski definition) is 9. The average Bonchev–Trinajstić information content (AvgIpc) is 2.94. The van der Waals surface area contributed by atoms with Crippen molar-refractivity contribution >= 4 is 52.7 Å². The van der Waals surface area contributed by atoms with Crippen molar-refractivity contribution in [3.05, 3.63) is 82.0 Å². The standard InChI is InChI=1S/C29H32ClFN8O/c1-19(2)27(20(3)7-8-32-4)21-13-22(30)15-25(14-21)36-24-6-5-23(33-16-24)17-35-38-29-34-18-26(31)28(37-29)39-9-11-40-12-10-39/h5-8,13-18,36H,9-12H2,1-4H3,(H,34,37,38)/b20-7-,32-8?,35-17+. The summed E-state index contributed by atoms with van der Waals surface area (Å²) in [5.74, 6) is -0.0639. The molecule has 1 aliphatic heterocycles. The van der Waals surface area contributed by atoms with Gasteiger partial charge in [-0.2, -0.15) is 10.1 Å². The van der Waals surface area contributed by atoms with E-state index in [1.165, 1.54) is 11.8 Å². The minimum absolute atomic E-state index is 0.192. The van der Waals surface area contributed by atoms with E-state index in [1.807, 2.05) is 35.2 Å². The van der Waals surface area contributed by atoms with Crippen LogP contribution in [0.15, 0.2) is 70.0 Å². The summed E-state index contributed by atoms with van der Waals surface area (Å²) in [5.41, 5.74) is 9.39. The Morgan fingerprint density at radius 1 is 1.07 bits per heavy atom. The van der Waals surface area contributed by atoms with Gasteiger partial charge in [-0.05, 0) is 73.9 Å². The average molecular weight is 563 g/mol. The molecule has 1 aromatic carbocycles. The highest BCUT2D eigenvalue weighted by Crippen LogP contribution is 2.32. The van der Waals surface area contributed by atoms with E-state index in [9.17, 15) is 4.39 Å². The Balaban J connectivity index is 1.43. The molecule has 4 rings (SSSR count). The van der Waals surface area contributed by atoms with Crippen molar-refractivity contribution in [1.82, 2.24) is 15.0 Å². The Morgan fingerprint density at radius 2 is 1.88 bits per heavy atom. The zero-order valence-corrected chi connectivity index (χ0v) is 23.7. The number of rotatable bonds is 9. The summed E-state index contributed by atoms with van der Waals surface area (Å²) in [6, 6.07) is 9.59. The molecule has 3 heterocycles. The third-order valence-electron chi connectivity index (χ3n) is 6.03. The Labute approximate surface area is 238 Å². The van der Waals surface area contributed by atoms with Crippen molar-refractivity contribution < 1.29 is 9.13 Å². The fourth-order valence-corrected chi connectivity index (χ4v) is 4.51. The Morgan fingerprint density at radius 3 is 2.58 bits per heavy atom. The van der Waals surface area contributed by atoms with Crippen molar-refractivity contribution in [2.45, 2.75) is 20.8 Å². The third kappa shape index (κ3) is 7.71. The van der Waals surface area contributed by atoms with E-state index in [1.54, 1.807) is 19.5 Å². The van der Waals surface area contributed by atoms with Crippen molar-refractivity contribution in [2.75, 3.05) is 49.0 Å². The van der Waals surface area contributed by atoms with Crippen LogP contribution in [0.5, 0.6) is 0 Å². The minimum atomic E-state index is -0.484. The molecule has 0 amide bonds. The fraction of sp³-hybridized carbons (Fsp3) is 0.276. The lowest BCUT2D eigenvalue weighted by Gasteiger charge is -2.27. The molecule has 0 atom stereocenters. The molecular weight excluding hydrogens is 531 g/mol. The van der Waals surface area contributed by atoms with E-state index in [0.29, 0.717) is 37.0 Å². The van der Waals surface area contributed by atoms with Crippen LogP contribution in [-0.4, -0.2) is 60.7 Å². The molecular formula is C29H32ClFN8O. The topological polar surface area (TPSA) is 99.9 Å². The monoisotopic (exact) mass is 562 g/mol. The van der Waals surface area contributed by atoms with Crippen LogP contribution in [0.1, 0.15) is 32.0 Å². The van der Waals surface area contributed by atoms with Gasteiger partial charge >= 0.3 is 0 Å². The Bertz CT molecular complexity index is 1440. The first-order valence-corrected chi connectivity index (χ1v) is 13.2. The molecule has 3 aromatic rings. The highest BCUT2D eigenvalue weighted by Gasteiger charge is 2.17. The minimum Gasteiger partial charge on any atom is -0.378 e. The summed E-state index contributed by atoms with van der Waals surface area (Å²) in [4.78, 5) is 18.5. The lowest BCUT2D eigenvalue weighted by Crippen LogP contribution is -2.37. The lowest BCUT2D eigenvalue weighted by molar-refractivity contribution is 0.122. The number of nitrogens with zero attached hydrogens (tertiary/aromatic N) is 6. The maximum atomic E-state index is 14.2. The van der Waals surface area contributed by atoms with E-state index in [-0.39, 0.29) is 11.8 Å². The van der Waals surface area contributed by atoms with Gasteiger partial charge in [0.1, 0.15) is 0 Å². The van der Waals surface area contributed by atoms with E-state index < -0.39 is 5.82 Å². The van der Waals surface area contributed by atoms with Crippen LogP contribution < -0.4 is 15.6 Å². The van der Waals surface area contributed by atoms with Gasteiger partial charge in [-0.1, -0.05) is 17.2 Å². The number of ether oxygens (including phenoxy) is 1. The molecule has 40 heavy (non-hydrogen) atoms. The summed E-state index contributed by atoms with van der Waals surface area (Å²) in [5, 5.41) is 8.14. The number of hydrogen-bond donors (Lipinski definition) is 2. The first-order chi connectivity index (χ1) is 19.3. The molecule has 2 N–H and O–H groups in total. The van der Waals surface area contributed by atoms with Crippen molar-refractivity contribution in [3.63, 3.8) is 0 Å². The zero-order chi connectivity index (χ0) is 28.5. The summed E-state index contributed by atoms with van der Waals surface area (Å²) in [7, 11) is 1.75. The van der Waals surface area contributed by atoms with Gasteiger partial charge in [-0.25, -0.2) is 14.8 Å². The molecule has 0 unspecified atom stereocenters. The SMILES string of the molecule is CN=C/C=C(/C)C(=C(C)C)c1cc(Cl)cc(Nc2ccc(/C=N/Nc3ncc(F)c(N4CCOCC4)n3)nc2)c1. The van der Waals surface area contributed by atoms with Crippen LogP contribution >= 0.6 is 11.6 Å². The van der Waals surface area contributed by atoms with Gasteiger partial charge in [-0.15, -0.1) is 0 Å². The fourth-order valence-electron chi connectivity index (χ4n) is 4.27. The maximum Gasteiger partial charge on any atom is 0.245 e. The van der Waals surface area contributed by atoms with Gasteiger partial charge in [0, 0.05) is 37.1 Å². The first kappa shape index (κ1) is 28.8. The van der Waals surface area contributed by atoms with Crippen LogP contribution in [0.25, 0.3) is 5.57 Å². The molecule has 11 heteroatoms. The van der Waals surface area contributed by atoms with Crippen molar-refractivity contribution in [1.29, 1.82) is 0 Å². The third-order valence-corrected chi connectivity index (χ3v) is 6.25. The molecule has 0 saturated carbocycles. The number of anilines is 4. The second kappa shape index (κ2) is 13.8. The first-order valence-electron chi connectivity index (χ1n) is 12.8. The number of halogens is 2. The number of benzene rings is 1. The zero-order valence-electron chi connectivity index (χ0n) is 22.9. The van der Waals surface area contributed by atoms with Crippen LogP contribution in [0.3, 0.4) is 0 Å². The predicted octanol–water partition coefficient (Wildman–Crippen LogP) is 6.13. The summed E-state index contributed by atoms with van der Waals surface area (Å²) < 4.78 is 19.6. The van der Waals surface area contributed by atoms with E-state index in [2.05, 4.69) is 62.6 Å². The predicted molar refractivity (Wildman–Crippen MR) is 162 cm³/mol. The molecule has 0 radical (unpaired) electrons. The molecule has 0 bridgehead atoms. The van der Waals surface area contributed by atoms with Gasteiger partial charge in [0.2, 0.25) is 5.95 Å². The number of pyridine rings is 1. The van der Waals surface area contributed by atoms with Crippen molar-refractivity contribution in [3.8, 4) is 0 Å².